The number of rotatable bonds is 4. The average molecular weight is 473 g/mol. The van der Waals surface area contributed by atoms with Gasteiger partial charge in [-0.25, -0.2) is 0 Å². The third kappa shape index (κ3) is 8.12. The maximum atomic E-state index is 11.9. The van der Waals surface area contributed by atoms with Crippen LogP contribution in [0.25, 0.3) is 0 Å². The van der Waals surface area contributed by atoms with E-state index in [4.69, 9.17) is 24.4 Å². The first-order chi connectivity index (χ1) is 15.2. The van der Waals surface area contributed by atoms with Crippen LogP contribution in [0.2, 0.25) is 0 Å². The zero-order chi connectivity index (χ0) is 23.7. The van der Waals surface area contributed by atoms with Crippen molar-refractivity contribution in [1.29, 1.82) is 0 Å². The molecule has 0 aromatic heterocycles. The molecule has 2 amide bonds. The highest BCUT2D eigenvalue weighted by molar-refractivity contribution is 7.80. The summed E-state index contributed by atoms with van der Waals surface area (Å²) in [5.74, 6) is -1.04. The van der Waals surface area contributed by atoms with Crippen molar-refractivity contribution in [2.24, 2.45) is 0 Å². The molecule has 0 atom stereocenters. The molecule has 0 aliphatic heterocycles. The van der Waals surface area contributed by atoms with Gasteiger partial charge < -0.3 is 10.6 Å². The van der Waals surface area contributed by atoms with Gasteiger partial charge in [-0.15, -0.1) is 0 Å². The number of benzene rings is 2. The minimum absolute atomic E-state index is 0.137. The lowest BCUT2D eigenvalue weighted by atomic mass is 10.0. The van der Waals surface area contributed by atoms with E-state index in [-0.39, 0.29) is 10.2 Å². The second-order valence-electron chi connectivity index (χ2n) is 7.62. The molecule has 2 rings (SSSR count). The van der Waals surface area contributed by atoms with Gasteiger partial charge in [-0.1, -0.05) is 52.0 Å². The molecular weight excluding hydrogens is 444 g/mol. The summed E-state index contributed by atoms with van der Waals surface area (Å²) in [6.45, 7) is 8.43. The van der Waals surface area contributed by atoms with Crippen LogP contribution in [-0.4, -0.2) is 22.0 Å². The number of hydrogen-bond donors (Lipinski definition) is 6. The van der Waals surface area contributed by atoms with Gasteiger partial charge in [0.1, 0.15) is 0 Å². The molecule has 6 N–H and O–H groups in total. The Hall–Kier alpha value is -3.24. The average Bonchev–Trinajstić information content (AvgIpc) is 2.76. The number of anilines is 2. The van der Waals surface area contributed by atoms with E-state index >= 15 is 0 Å². The fourth-order valence-electron chi connectivity index (χ4n) is 2.57. The largest absolute Gasteiger partial charge is 0.331 e. The molecule has 170 valence electrons. The van der Waals surface area contributed by atoms with Crippen molar-refractivity contribution in [2.45, 2.75) is 39.5 Å². The summed E-state index contributed by atoms with van der Waals surface area (Å²) >= 11 is 10.2. The van der Waals surface area contributed by atoms with Crippen molar-refractivity contribution in [3.63, 3.8) is 0 Å². The van der Waals surface area contributed by atoms with Gasteiger partial charge in [-0.05, 0) is 71.7 Å². The summed E-state index contributed by atoms with van der Waals surface area (Å²) in [7, 11) is 0. The molecule has 10 heteroatoms. The summed E-state index contributed by atoms with van der Waals surface area (Å²) in [6, 6.07) is 15.5. The summed E-state index contributed by atoms with van der Waals surface area (Å²) in [6.07, 6.45) is 0. The van der Waals surface area contributed by atoms with E-state index in [1.54, 1.807) is 0 Å². The highest BCUT2D eigenvalue weighted by Gasteiger charge is 2.14. The minimum Gasteiger partial charge on any atom is -0.331 e. The Morgan fingerprint density at radius 2 is 0.906 bits per heavy atom. The normalized spacial score (nSPS) is 10.3. The van der Waals surface area contributed by atoms with Crippen LogP contribution in [0.5, 0.6) is 0 Å². The van der Waals surface area contributed by atoms with Crippen molar-refractivity contribution in [1.82, 2.24) is 21.7 Å². The number of carbonyl (C=O) groups excluding carboxylic acids is 2. The lowest BCUT2D eigenvalue weighted by Crippen LogP contribution is -2.53. The van der Waals surface area contributed by atoms with E-state index in [2.05, 4.69) is 60.0 Å². The number of thiocarbonyl (C=S) groups is 2. The first kappa shape index (κ1) is 25.0. The van der Waals surface area contributed by atoms with Gasteiger partial charge in [-0.2, -0.15) is 0 Å². The second kappa shape index (κ2) is 12.0. The molecule has 2 aromatic rings. The van der Waals surface area contributed by atoms with E-state index in [9.17, 15) is 9.59 Å². The molecule has 0 unspecified atom stereocenters. The molecule has 0 saturated heterocycles. The summed E-state index contributed by atoms with van der Waals surface area (Å²) < 4.78 is 0. The monoisotopic (exact) mass is 472 g/mol. The van der Waals surface area contributed by atoms with Crippen molar-refractivity contribution in [3.8, 4) is 0 Å². The molecule has 2 aromatic carbocycles. The first-order valence-corrected chi connectivity index (χ1v) is 10.9. The number of nitrogens with one attached hydrogen (secondary N) is 6. The lowest BCUT2D eigenvalue weighted by molar-refractivity contribution is -0.139. The smallest absolute Gasteiger partial charge is 0.329 e. The van der Waals surface area contributed by atoms with Gasteiger partial charge in [0.2, 0.25) is 0 Å². The molecule has 0 heterocycles. The van der Waals surface area contributed by atoms with E-state index in [1.165, 1.54) is 11.1 Å². The summed E-state index contributed by atoms with van der Waals surface area (Å²) in [5, 5.41) is 6.11. The van der Waals surface area contributed by atoms with Crippen molar-refractivity contribution in [3.05, 3.63) is 59.7 Å². The third-order valence-corrected chi connectivity index (χ3v) is 4.86. The van der Waals surface area contributed by atoms with Crippen LogP contribution in [-0.2, 0) is 9.59 Å². The van der Waals surface area contributed by atoms with Crippen molar-refractivity contribution in [2.75, 3.05) is 10.6 Å². The number of hydrogen-bond acceptors (Lipinski definition) is 4. The molecule has 32 heavy (non-hydrogen) atoms. The molecule has 8 nitrogen and oxygen atoms in total. The molecule has 0 fully saturated rings. The van der Waals surface area contributed by atoms with Crippen molar-refractivity contribution >= 4 is 57.8 Å². The van der Waals surface area contributed by atoms with E-state index in [1.807, 2.05) is 48.5 Å². The standard InChI is InChI=1S/C22H28N6O2S2/c1-13(2)15-5-9-17(10-6-15)23-21(31)27-25-19(29)20(30)26-28-22(32)24-18-11-7-16(8-12-18)14(3)4/h5-14H,1-4H3,(H,25,29)(H,26,30)(H2,23,27,31)(H2,24,28,32). The maximum absolute atomic E-state index is 11.9. The molecule has 0 aliphatic carbocycles. The van der Waals surface area contributed by atoms with Crippen molar-refractivity contribution < 1.29 is 9.59 Å². The van der Waals surface area contributed by atoms with Crippen LogP contribution < -0.4 is 32.3 Å². The number of hydrazine groups is 2. The Kier molecular flexibility index (Phi) is 9.36. The van der Waals surface area contributed by atoms with Crippen LogP contribution in [0.15, 0.2) is 48.5 Å². The van der Waals surface area contributed by atoms with Gasteiger partial charge in [0.05, 0.1) is 0 Å². The zero-order valence-electron chi connectivity index (χ0n) is 18.4. The Bertz CT molecular complexity index is 880. The second-order valence-corrected chi connectivity index (χ2v) is 8.44. The SMILES string of the molecule is CC(C)c1ccc(NC(=S)NNC(=O)C(=O)NNC(=S)Nc2ccc(C(C)C)cc2)cc1. The predicted octanol–water partition coefficient (Wildman–Crippen LogP) is 3.27. The molecule has 0 saturated carbocycles. The van der Waals surface area contributed by atoms with Gasteiger partial charge in [0.25, 0.3) is 0 Å². The van der Waals surface area contributed by atoms with Crippen LogP contribution in [0.3, 0.4) is 0 Å². The Morgan fingerprint density at radius 1 is 0.594 bits per heavy atom. The quantitative estimate of drug-likeness (QED) is 0.229. The van der Waals surface area contributed by atoms with E-state index in [0.29, 0.717) is 11.8 Å². The predicted molar refractivity (Wildman–Crippen MR) is 136 cm³/mol. The van der Waals surface area contributed by atoms with Gasteiger partial charge in [-0.3, -0.25) is 31.3 Å². The lowest BCUT2D eigenvalue weighted by Gasteiger charge is -2.14. The highest BCUT2D eigenvalue weighted by Crippen LogP contribution is 2.17. The maximum Gasteiger partial charge on any atom is 0.329 e. The van der Waals surface area contributed by atoms with Gasteiger partial charge in [0, 0.05) is 11.4 Å². The summed E-state index contributed by atoms with van der Waals surface area (Å²) in [4.78, 5) is 23.8. The Labute approximate surface area is 198 Å². The topological polar surface area (TPSA) is 106 Å². The first-order valence-electron chi connectivity index (χ1n) is 10.1. The summed E-state index contributed by atoms with van der Waals surface area (Å²) in [5.41, 5.74) is 13.3. The van der Waals surface area contributed by atoms with Gasteiger partial charge in [0.15, 0.2) is 10.2 Å². The molecule has 0 spiro atoms. The number of amides is 2. The fourth-order valence-corrected chi connectivity index (χ4v) is 2.91. The Morgan fingerprint density at radius 3 is 1.19 bits per heavy atom. The molecule has 0 aliphatic rings. The fraction of sp³-hybridized carbons (Fsp3) is 0.273. The minimum atomic E-state index is -0.944. The van der Waals surface area contributed by atoms with E-state index in [0.717, 1.165) is 11.4 Å². The van der Waals surface area contributed by atoms with Gasteiger partial charge >= 0.3 is 11.8 Å². The highest BCUT2D eigenvalue weighted by atomic mass is 32.1. The third-order valence-electron chi connectivity index (χ3n) is 4.46. The van der Waals surface area contributed by atoms with Crippen LogP contribution in [0.1, 0.15) is 50.7 Å². The van der Waals surface area contributed by atoms with Crippen LogP contribution in [0.4, 0.5) is 11.4 Å². The van der Waals surface area contributed by atoms with Crippen LogP contribution in [0, 0.1) is 0 Å². The number of carbonyl (C=O) groups is 2. The van der Waals surface area contributed by atoms with E-state index < -0.39 is 11.8 Å². The zero-order valence-corrected chi connectivity index (χ0v) is 20.0. The molecule has 0 radical (unpaired) electrons. The molecule has 0 bridgehead atoms. The Balaban J connectivity index is 1.71. The molecular formula is C22H28N6O2S2. The van der Waals surface area contributed by atoms with Crippen LogP contribution >= 0.6 is 24.4 Å².